The quantitative estimate of drug-likeness (QED) is 0.702. The van der Waals surface area contributed by atoms with Crippen LogP contribution in [0.15, 0.2) is 41.9 Å². The van der Waals surface area contributed by atoms with Gasteiger partial charge in [-0.2, -0.15) is 5.10 Å². The molecule has 2 nitrogen and oxygen atoms in total. The van der Waals surface area contributed by atoms with Gasteiger partial charge in [0.15, 0.2) is 0 Å². The second kappa shape index (κ2) is 4.24. The lowest BCUT2D eigenvalue weighted by Gasteiger charge is -1.93. The lowest BCUT2D eigenvalue weighted by atomic mass is 10.3. The van der Waals surface area contributed by atoms with E-state index in [1.807, 2.05) is 29.9 Å². The number of hydrogen-bond donors (Lipinski definition) is 0. The van der Waals surface area contributed by atoms with E-state index in [-0.39, 0.29) is 0 Å². The monoisotopic (exact) mass is 204 g/mol. The summed E-state index contributed by atoms with van der Waals surface area (Å²) >= 11 is 1.72. The van der Waals surface area contributed by atoms with Crippen molar-refractivity contribution in [1.82, 2.24) is 9.78 Å². The fraction of sp³-hybridized carbons (Fsp3) is 0.182. The van der Waals surface area contributed by atoms with Crippen LogP contribution in [0.5, 0.6) is 0 Å². The van der Waals surface area contributed by atoms with Crippen molar-refractivity contribution in [3.8, 4) is 10.6 Å². The Bertz CT molecular complexity index is 412. The summed E-state index contributed by atoms with van der Waals surface area (Å²) in [7, 11) is 0. The van der Waals surface area contributed by atoms with E-state index in [1.165, 1.54) is 4.88 Å². The van der Waals surface area contributed by atoms with Gasteiger partial charge in [-0.05, 0) is 24.4 Å². The second-order valence-corrected chi connectivity index (χ2v) is 3.92. The highest BCUT2D eigenvalue weighted by molar-refractivity contribution is 7.13. The molecular formula is C11H12N2S. The van der Waals surface area contributed by atoms with E-state index in [0.717, 1.165) is 12.2 Å². The van der Waals surface area contributed by atoms with Crippen LogP contribution in [-0.4, -0.2) is 9.78 Å². The zero-order valence-electron chi connectivity index (χ0n) is 8.05. The summed E-state index contributed by atoms with van der Waals surface area (Å²) in [5.41, 5.74) is 1.06. The Labute approximate surface area is 87.5 Å². The van der Waals surface area contributed by atoms with Crippen molar-refractivity contribution in [2.75, 3.05) is 0 Å². The molecule has 0 fully saturated rings. The van der Waals surface area contributed by atoms with Crippen LogP contribution in [0.1, 0.15) is 6.92 Å². The molecule has 14 heavy (non-hydrogen) atoms. The summed E-state index contributed by atoms with van der Waals surface area (Å²) in [4.78, 5) is 1.23. The van der Waals surface area contributed by atoms with Crippen LogP contribution in [0.2, 0.25) is 0 Å². The molecule has 0 atom stereocenters. The van der Waals surface area contributed by atoms with E-state index < -0.39 is 0 Å². The van der Waals surface area contributed by atoms with Crippen LogP contribution in [0, 0.1) is 0 Å². The lowest BCUT2D eigenvalue weighted by molar-refractivity contribution is 0.704. The number of aromatic nitrogens is 2. The molecular weight excluding hydrogens is 192 g/mol. The Kier molecular flexibility index (Phi) is 2.79. The topological polar surface area (TPSA) is 17.8 Å². The van der Waals surface area contributed by atoms with Crippen molar-refractivity contribution >= 4 is 11.3 Å². The molecule has 2 aromatic rings. The van der Waals surface area contributed by atoms with Gasteiger partial charge in [-0.3, -0.25) is 4.68 Å². The van der Waals surface area contributed by atoms with Gasteiger partial charge in [0.1, 0.15) is 5.69 Å². The van der Waals surface area contributed by atoms with Crippen molar-refractivity contribution in [1.29, 1.82) is 0 Å². The van der Waals surface area contributed by atoms with Crippen molar-refractivity contribution < 1.29 is 0 Å². The average Bonchev–Trinajstić information content (AvgIpc) is 2.85. The predicted molar refractivity (Wildman–Crippen MR) is 60.4 cm³/mol. The molecule has 0 saturated carbocycles. The molecule has 0 radical (unpaired) electrons. The largest absolute Gasteiger partial charge is 0.268 e. The molecule has 0 aromatic carbocycles. The summed E-state index contributed by atoms with van der Waals surface area (Å²) in [6.07, 6.45) is 6.13. The van der Waals surface area contributed by atoms with Gasteiger partial charge in [0, 0.05) is 6.20 Å². The van der Waals surface area contributed by atoms with E-state index in [4.69, 9.17) is 0 Å². The second-order valence-electron chi connectivity index (χ2n) is 2.97. The zero-order chi connectivity index (χ0) is 9.80. The average molecular weight is 204 g/mol. The first-order valence-corrected chi connectivity index (χ1v) is 5.46. The Morgan fingerprint density at radius 1 is 1.50 bits per heavy atom. The van der Waals surface area contributed by atoms with Crippen LogP contribution >= 0.6 is 11.3 Å². The van der Waals surface area contributed by atoms with Crippen molar-refractivity contribution in [3.05, 3.63) is 41.9 Å². The zero-order valence-corrected chi connectivity index (χ0v) is 8.87. The summed E-state index contributed by atoms with van der Waals surface area (Å²) in [6, 6.07) is 6.19. The minimum absolute atomic E-state index is 0.849. The van der Waals surface area contributed by atoms with E-state index in [0.29, 0.717) is 0 Å². The van der Waals surface area contributed by atoms with Gasteiger partial charge in [-0.15, -0.1) is 11.3 Å². The first-order chi connectivity index (χ1) is 6.90. The molecule has 2 aromatic heterocycles. The summed E-state index contributed by atoms with van der Waals surface area (Å²) < 4.78 is 1.94. The van der Waals surface area contributed by atoms with Gasteiger partial charge in [0.05, 0.1) is 11.4 Å². The van der Waals surface area contributed by atoms with Crippen LogP contribution in [-0.2, 0) is 6.54 Å². The highest BCUT2D eigenvalue weighted by Gasteiger charge is 2.01. The maximum Gasteiger partial charge on any atom is 0.102 e. The first kappa shape index (κ1) is 9.21. The maximum atomic E-state index is 4.47. The highest BCUT2D eigenvalue weighted by Crippen LogP contribution is 2.22. The van der Waals surface area contributed by atoms with Crippen LogP contribution in [0.4, 0.5) is 0 Å². The van der Waals surface area contributed by atoms with Crippen LogP contribution in [0.25, 0.3) is 10.6 Å². The van der Waals surface area contributed by atoms with Gasteiger partial charge < -0.3 is 0 Å². The number of allylic oxidation sites excluding steroid dienone is 2. The summed E-state index contributed by atoms with van der Waals surface area (Å²) in [5.74, 6) is 0. The molecule has 3 heteroatoms. The minimum atomic E-state index is 0.849. The number of thiophene rings is 1. The molecule has 2 heterocycles. The SMILES string of the molecule is CC=CCn1ccc(-c2cccs2)n1. The Morgan fingerprint density at radius 3 is 3.14 bits per heavy atom. The smallest absolute Gasteiger partial charge is 0.102 e. The molecule has 0 saturated heterocycles. The highest BCUT2D eigenvalue weighted by atomic mass is 32.1. The molecule has 72 valence electrons. The summed E-state index contributed by atoms with van der Waals surface area (Å²) in [5, 5.41) is 6.54. The molecule has 0 amide bonds. The van der Waals surface area contributed by atoms with E-state index >= 15 is 0 Å². The molecule has 2 rings (SSSR count). The van der Waals surface area contributed by atoms with Crippen molar-refractivity contribution in [3.63, 3.8) is 0 Å². The van der Waals surface area contributed by atoms with Gasteiger partial charge >= 0.3 is 0 Å². The third-order valence-corrected chi connectivity index (χ3v) is 2.83. The Morgan fingerprint density at radius 2 is 2.43 bits per heavy atom. The molecule has 0 bridgehead atoms. The standard InChI is InChI=1S/C11H12N2S/c1-2-3-7-13-8-6-10(12-13)11-5-4-9-14-11/h2-6,8-9H,7H2,1H3. The summed E-state index contributed by atoms with van der Waals surface area (Å²) in [6.45, 7) is 2.87. The van der Waals surface area contributed by atoms with Gasteiger partial charge in [-0.25, -0.2) is 0 Å². The molecule has 0 N–H and O–H groups in total. The minimum Gasteiger partial charge on any atom is -0.268 e. The van der Waals surface area contributed by atoms with Crippen LogP contribution < -0.4 is 0 Å². The predicted octanol–water partition coefficient (Wildman–Crippen LogP) is 3.19. The van der Waals surface area contributed by atoms with E-state index in [9.17, 15) is 0 Å². The van der Waals surface area contributed by atoms with Crippen molar-refractivity contribution in [2.45, 2.75) is 13.5 Å². The lowest BCUT2D eigenvalue weighted by Crippen LogP contribution is -1.94. The number of nitrogens with zero attached hydrogens (tertiary/aromatic N) is 2. The molecule has 0 unspecified atom stereocenters. The molecule has 0 aliphatic rings. The number of hydrogen-bond acceptors (Lipinski definition) is 2. The van der Waals surface area contributed by atoms with Gasteiger partial charge in [0.2, 0.25) is 0 Å². The van der Waals surface area contributed by atoms with Gasteiger partial charge in [-0.1, -0.05) is 18.2 Å². The fourth-order valence-corrected chi connectivity index (χ4v) is 1.92. The van der Waals surface area contributed by atoms with Gasteiger partial charge in [0.25, 0.3) is 0 Å². The third kappa shape index (κ3) is 1.93. The molecule has 0 aliphatic heterocycles. The number of rotatable bonds is 3. The first-order valence-electron chi connectivity index (χ1n) is 4.58. The Hall–Kier alpha value is -1.35. The van der Waals surface area contributed by atoms with E-state index in [2.05, 4.69) is 28.7 Å². The Balaban J connectivity index is 2.18. The molecule has 0 aliphatic carbocycles. The van der Waals surface area contributed by atoms with E-state index in [1.54, 1.807) is 11.3 Å². The third-order valence-electron chi connectivity index (χ3n) is 1.94. The fourth-order valence-electron chi connectivity index (χ4n) is 1.23. The maximum absolute atomic E-state index is 4.47. The van der Waals surface area contributed by atoms with Crippen LogP contribution in [0.3, 0.4) is 0 Å². The van der Waals surface area contributed by atoms with Crippen molar-refractivity contribution in [2.24, 2.45) is 0 Å². The molecule has 0 spiro atoms. The normalized spacial score (nSPS) is 11.2.